The van der Waals surface area contributed by atoms with Crippen LogP contribution >= 0.6 is 0 Å². The topological polar surface area (TPSA) is 75.6 Å². The van der Waals surface area contributed by atoms with Crippen molar-refractivity contribution in [2.45, 2.75) is 38.8 Å². The van der Waals surface area contributed by atoms with Gasteiger partial charge in [0.15, 0.2) is 0 Å². The summed E-state index contributed by atoms with van der Waals surface area (Å²) in [5, 5.41) is 11.9. The number of aliphatic carboxylic acids is 1. The van der Waals surface area contributed by atoms with Crippen LogP contribution < -0.4 is 5.32 Å². The number of carbonyl (C=O) groups is 2. The summed E-state index contributed by atoms with van der Waals surface area (Å²) in [6.45, 7) is 5.18. The van der Waals surface area contributed by atoms with E-state index in [-0.39, 0.29) is 6.54 Å². The molecule has 20 heavy (non-hydrogen) atoms. The smallest absolute Gasteiger partial charge is 0.321 e. The molecule has 0 amide bonds. The molecule has 5 heteroatoms. The molecule has 1 aromatic carbocycles. The van der Waals surface area contributed by atoms with E-state index in [2.05, 4.69) is 5.32 Å². The van der Waals surface area contributed by atoms with E-state index in [1.54, 1.807) is 20.8 Å². The fourth-order valence-corrected chi connectivity index (χ4v) is 1.68. The monoisotopic (exact) mass is 279 g/mol. The molecule has 1 unspecified atom stereocenters. The maximum Gasteiger partial charge on any atom is 0.321 e. The van der Waals surface area contributed by atoms with Crippen molar-refractivity contribution in [3.63, 3.8) is 0 Å². The second-order valence-corrected chi connectivity index (χ2v) is 5.55. The van der Waals surface area contributed by atoms with Gasteiger partial charge in [-0.3, -0.25) is 14.9 Å². The van der Waals surface area contributed by atoms with Gasteiger partial charge >= 0.3 is 11.9 Å². The van der Waals surface area contributed by atoms with Crippen LogP contribution in [0.25, 0.3) is 0 Å². The normalized spacial score (nSPS) is 12.8. The Morgan fingerprint density at radius 3 is 2.35 bits per heavy atom. The minimum Gasteiger partial charge on any atom is -0.480 e. The first-order valence-corrected chi connectivity index (χ1v) is 6.50. The number of nitrogens with one attached hydrogen (secondary N) is 1. The lowest BCUT2D eigenvalue weighted by Gasteiger charge is -2.20. The third kappa shape index (κ3) is 6.33. The molecular weight excluding hydrogens is 258 g/mol. The van der Waals surface area contributed by atoms with E-state index in [4.69, 9.17) is 9.84 Å². The highest BCUT2D eigenvalue weighted by Crippen LogP contribution is 2.07. The second kappa shape index (κ2) is 7.05. The number of rotatable bonds is 6. The molecule has 1 atom stereocenters. The van der Waals surface area contributed by atoms with Gasteiger partial charge in [0.05, 0.1) is 6.54 Å². The van der Waals surface area contributed by atoms with E-state index in [1.807, 2.05) is 30.3 Å². The van der Waals surface area contributed by atoms with Crippen LogP contribution in [0.2, 0.25) is 0 Å². The van der Waals surface area contributed by atoms with Crippen LogP contribution in [0, 0.1) is 0 Å². The van der Waals surface area contributed by atoms with Gasteiger partial charge in [-0.2, -0.15) is 0 Å². The maximum atomic E-state index is 11.6. The van der Waals surface area contributed by atoms with E-state index in [0.29, 0.717) is 6.42 Å². The minimum absolute atomic E-state index is 0.124. The van der Waals surface area contributed by atoms with Gasteiger partial charge in [-0.05, 0) is 32.8 Å². The van der Waals surface area contributed by atoms with Crippen LogP contribution in [-0.2, 0) is 20.7 Å². The molecule has 5 nitrogen and oxygen atoms in total. The van der Waals surface area contributed by atoms with Crippen LogP contribution in [0.15, 0.2) is 30.3 Å². The number of ether oxygens (including phenoxy) is 1. The first kappa shape index (κ1) is 16.2. The van der Waals surface area contributed by atoms with Crippen LogP contribution in [0.4, 0.5) is 0 Å². The molecule has 0 saturated heterocycles. The van der Waals surface area contributed by atoms with Gasteiger partial charge in [0, 0.05) is 0 Å². The molecule has 0 spiro atoms. The SMILES string of the molecule is CC(C)(C)OC(=O)CNC(Cc1ccccc1)C(=O)O. The summed E-state index contributed by atoms with van der Waals surface area (Å²) in [6.07, 6.45) is 0.318. The van der Waals surface area contributed by atoms with Crippen molar-refractivity contribution in [3.05, 3.63) is 35.9 Å². The largest absolute Gasteiger partial charge is 0.480 e. The summed E-state index contributed by atoms with van der Waals surface area (Å²) in [5.41, 5.74) is 0.327. The highest BCUT2D eigenvalue weighted by molar-refractivity contribution is 5.76. The van der Waals surface area contributed by atoms with Gasteiger partial charge in [0.2, 0.25) is 0 Å². The van der Waals surface area contributed by atoms with Gasteiger partial charge in [0.1, 0.15) is 11.6 Å². The third-order valence-corrected chi connectivity index (χ3v) is 2.49. The zero-order valence-electron chi connectivity index (χ0n) is 12.1. The summed E-state index contributed by atoms with van der Waals surface area (Å²) in [4.78, 5) is 22.7. The van der Waals surface area contributed by atoms with E-state index >= 15 is 0 Å². The molecule has 0 aromatic heterocycles. The molecule has 0 aliphatic carbocycles. The maximum absolute atomic E-state index is 11.6. The van der Waals surface area contributed by atoms with Crippen LogP contribution in [0.3, 0.4) is 0 Å². The average molecular weight is 279 g/mol. The van der Waals surface area contributed by atoms with Crippen LogP contribution in [0.1, 0.15) is 26.3 Å². The summed E-state index contributed by atoms with van der Waals surface area (Å²) in [7, 11) is 0. The minimum atomic E-state index is -0.989. The molecule has 1 aromatic rings. The highest BCUT2D eigenvalue weighted by Gasteiger charge is 2.21. The lowest BCUT2D eigenvalue weighted by molar-refractivity contribution is -0.154. The Kier molecular flexibility index (Phi) is 5.70. The zero-order chi connectivity index (χ0) is 15.2. The molecule has 110 valence electrons. The van der Waals surface area contributed by atoms with E-state index in [0.717, 1.165) is 5.56 Å². The van der Waals surface area contributed by atoms with Gasteiger partial charge in [-0.25, -0.2) is 0 Å². The first-order valence-electron chi connectivity index (χ1n) is 6.50. The molecule has 0 radical (unpaired) electrons. The Labute approximate surface area is 118 Å². The zero-order valence-corrected chi connectivity index (χ0v) is 12.1. The second-order valence-electron chi connectivity index (χ2n) is 5.55. The molecule has 0 bridgehead atoms. The van der Waals surface area contributed by atoms with Crippen molar-refractivity contribution < 1.29 is 19.4 Å². The number of benzene rings is 1. The Hall–Kier alpha value is -1.88. The molecule has 0 fully saturated rings. The number of carboxylic acid groups (broad SMARTS) is 1. The quantitative estimate of drug-likeness (QED) is 0.774. The molecule has 1 rings (SSSR count). The van der Waals surface area contributed by atoms with Crippen molar-refractivity contribution in [1.29, 1.82) is 0 Å². The standard InChI is InChI=1S/C15H21NO4/c1-15(2,3)20-13(17)10-16-12(14(18)19)9-11-7-5-4-6-8-11/h4-8,12,16H,9-10H2,1-3H3,(H,18,19). The van der Waals surface area contributed by atoms with Gasteiger partial charge in [0.25, 0.3) is 0 Å². The Morgan fingerprint density at radius 1 is 1.25 bits per heavy atom. The summed E-state index contributed by atoms with van der Waals surface area (Å²) < 4.78 is 5.12. The lowest BCUT2D eigenvalue weighted by Crippen LogP contribution is -2.42. The molecule has 0 saturated carbocycles. The summed E-state index contributed by atoms with van der Waals surface area (Å²) in [5.74, 6) is -1.45. The van der Waals surface area contributed by atoms with Crippen LogP contribution in [0.5, 0.6) is 0 Å². The Bertz CT molecular complexity index is 451. The average Bonchev–Trinajstić information content (AvgIpc) is 2.33. The van der Waals surface area contributed by atoms with Crippen molar-refractivity contribution in [3.8, 4) is 0 Å². The van der Waals surface area contributed by atoms with E-state index in [9.17, 15) is 9.59 Å². The predicted octanol–water partition coefficient (Wildman–Crippen LogP) is 1.61. The van der Waals surface area contributed by atoms with Crippen molar-refractivity contribution in [1.82, 2.24) is 5.32 Å². The Balaban J connectivity index is 2.52. The van der Waals surface area contributed by atoms with Gasteiger partial charge < -0.3 is 9.84 Å². The fourth-order valence-electron chi connectivity index (χ4n) is 1.68. The summed E-state index contributed by atoms with van der Waals surface area (Å²) >= 11 is 0. The van der Waals surface area contributed by atoms with Crippen molar-refractivity contribution in [2.75, 3.05) is 6.54 Å². The third-order valence-electron chi connectivity index (χ3n) is 2.49. The molecule has 0 aliphatic rings. The Morgan fingerprint density at radius 2 is 1.85 bits per heavy atom. The number of hydrogen-bond acceptors (Lipinski definition) is 4. The number of carbonyl (C=O) groups excluding carboxylic acids is 1. The van der Waals surface area contributed by atoms with E-state index in [1.165, 1.54) is 0 Å². The lowest BCUT2D eigenvalue weighted by atomic mass is 10.1. The van der Waals surface area contributed by atoms with Crippen molar-refractivity contribution in [2.24, 2.45) is 0 Å². The molecular formula is C15H21NO4. The molecule has 0 heterocycles. The fraction of sp³-hybridized carbons (Fsp3) is 0.467. The van der Waals surface area contributed by atoms with Gasteiger partial charge in [-0.1, -0.05) is 30.3 Å². The number of hydrogen-bond donors (Lipinski definition) is 2. The predicted molar refractivity (Wildman–Crippen MR) is 75.4 cm³/mol. The highest BCUT2D eigenvalue weighted by atomic mass is 16.6. The summed E-state index contributed by atoms with van der Waals surface area (Å²) in [6, 6.07) is 8.46. The van der Waals surface area contributed by atoms with Crippen LogP contribution in [-0.4, -0.2) is 35.2 Å². The van der Waals surface area contributed by atoms with Crippen molar-refractivity contribution >= 4 is 11.9 Å². The van der Waals surface area contributed by atoms with Gasteiger partial charge in [-0.15, -0.1) is 0 Å². The van der Waals surface area contributed by atoms with E-state index < -0.39 is 23.6 Å². The molecule has 0 aliphatic heterocycles. The molecule has 2 N–H and O–H groups in total. The first-order chi connectivity index (χ1) is 9.28. The number of esters is 1. The number of carboxylic acids is 1.